The molecule has 1 atom stereocenters. The predicted molar refractivity (Wildman–Crippen MR) is 37.7 cm³/mol. The fourth-order valence-corrected chi connectivity index (χ4v) is 1.50. The molecule has 1 rings (SSSR count). The predicted octanol–water partition coefficient (Wildman–Crippen LogP) is 0.564. The van der Waals surface area contributed by atoms with Gasteiger partial charge < -0.3 is 5.32 Å². The highest BCUT2D eigenvalue weighted by molar-refractivity contribution is 7.97. The van der Waals surface area contributed by atoms with Gasteiger partial charge in [-0.2, -0.15) is 0 Å². The highest BCUT2D eigenvalue weighted by Crippen LogP contribution is 2.01. The number of hydrogen-bond donors (Lipinski definition) is 2. The summed E-state index contributed by atoms with van der Waals surface area (Å²) in [6, 6.07) is 0. The number of hydrogen-bond acceptors (Lipinski definition) is 3. The molecule has 2 nitrogen and oxygen atoms in total. The molecule has 48 valence electrons. The fraction of sp³-hybridized carbons (Fsp3) is 1.00. The summed E-state index contributed by atoms with van der Waals surface area (Å²) in [5.74, 6) is 1.19. The Labute approximate surface area is 54.6 Å². The summed E-state index contributed by atoms with van der Waals surface area (Å²) in [6.07, 6.45) is 1.72. The molecule has 1 fully saturated rings. The van der Waals surface area contributed by atoms with Gasteiger partial charge in [-0.1, -0.05) is 18.9 Å². The smallest absolute Gasteiger partial charge is 0.0664 e. The van der Waals surface area contributed by atoms with E-state index in [1.165, 1.54) is 12.2 Å². The molecule has 3 heteroatoms. The van der Waals surface area contributed by atoms with Crippen molar-refractivity contribution in [2.24, 2.45) is 0 Å². The molecule has 1 aliphatic heterocycles. The Hall–Kier alpha value is 0.270. The molecule has 0 radical (unpaired) electrons. The van der Waals surface area contributed by atoms with E-state index in [0.717, 1.165) is 6.54 Å². The Kier molecular flexibility index (Phi) is 2.66. The van der Waals surface area contributed by atoms with Crippen LogP contribution in [0.2, 0.25) is 0 Å². The second-order valence-corrected chi connectivity index (χ2v) is 2.81. The summed E-state index contributed by atoms with van der Waals surface area (Å²) >= 11 is 1.82. The van der Waals surface area contributed by atoms with Gasteiger partial charge in [0.2, 0.25) is 0 Å². The van der Waals surface area contributed by atoms with E-state index in [2.05, 4.69) is 17.0 Å². The molecule has 0 unspecified atom stereocenters. The second kappa shape index (κ2) is 3.33. The van der Waals surface area contributed by atoms with Crippen molar-refractivity contribution in [1.29, 1.82) is 0 Å². The SMILES string of the molecule is CC[C@@H]1NCCSN1. The summed E-state index contributed by atoms with van der Waals surface area (Å²) in [6.45, 7) is 3.33. The van der Waals surface area contributed by atoms with E-state index in [4.69, 9.17) is 0 Å². The van der Waals surface area contributed by atoms with Crippen molar-refractivity contribution < 1.29 is 0 Å². The van der Waals surface area contributed by atoms with Crippen LogP contribution in [0.25, 0.3) is 0 Å². The van der Waals surface area contributed by atoms with Crippen molar-refractivity contribution in [2.75, 3.05) is 12.3 Å². The molecule has 2 N–H and O–H groups in total. The first-order valence-electron chi connectivity index (χ1n) is 3.04. The molecule has 0 spiro atoms. The molecular formula is C5H12N2S. The Morgan fingerprint density at radius 3 is 3.00 bits per heavy atom. The zero-order chi connectivity index (χ0) is 5.82. The summed E-state index contributed by atoms with van der Waals surface area (Å²) in [7, 11) is 0. The van der Waals surface area contributed by atoms with Gasteiger partial charge in [0.15, 0.2) is 0 Å². The lowest BCUT2D eigenvalue weighted by molar-refractivity contribution is 0.489. The lowest BCUT2D eigenvalue weighted by Crippen LogP contribution is -2.43. The average Bonchev–Trinajstić information content (AvgIpc) is 1.90. The van der Waals surface area contributed by atoms with Crippen LogP contribution in [0, 0.1) is 0 Å². The monoisotopic (exact) mass is 132 g/mol. The molecule has 1 heterocycles. The van der Waals surface area contributed by atoms with Crippen molar-refractivity contribution in [1.82, 2.24) is 10.0 Å². The minimum atomic E-state index is 0.550. The van der Waals surface area contributed by atoms with Crippen LogP contribution >= 0.6 is 11.9 Å². The molecule has 0 aromatic rings. The third-order valence-corrected chi connectivity index (χ3v) is 2.09. The molecular weight excluding hydrogens is 120 g/mol. The van der Waals surface area contributed by atoms with E-state index in [9.17, 15) is 0 Å². The Balaban J connectivity index is 2.13. The van der Waals surface area contributed by atoms with E-state index >= 15 is 0 Å². The maximum Gasteiger partial charge on any atom is 0.0664 e. The van der Waals surface area contributed by atoms with Gasteiger partial charge >= 0.3 is 0 Å². The van der Waals surface area contributed by atoms with Crippen LogP contribution in [0.5, 0.6) is 0 Å². The van der Waals surface area contributed by atoms with Crippen LogP contribution < -0.4 is 10.0 Å². The lowest BCUT2D eigenvalue weighted by Gasteiger charge is -2.22. The first-order chi connectivity index (χ1) is 3.93. The van der Waals surface area contributed by atoms with Gasteiger partial charge in [-0.15, -0.1) is 0 Å². The van der Waals surface area contributed by atoms with Gasteiger partial charge in [0.25, 0.3) is 0 Å². The molecule has 0 aromatic carbocycles. The van der Waals surface area contributed by atoms with Crippen LogP contribution in [0.4, 0.5) is 0 Å². The Bertz CT molecular complexity index is 61.4. The Morgan fingerprint density at radius 2 is 2.62 bits per heavy atom. The minimum Gasteiger partial charge on any atom is -0.300 e. The summed E-state index contributed by atoms with van der Waals surface area (Å²) in [5.41, 5.74) is 0. The third-order valence-electron chi connectivity index (χ3n) is 1.23. The van der Waals surface area contributed by atoms with Gasteiger partial charge in [0, 0.05) is 12.3 Å². The van der Waals surface area contributed by atoms with E-state index < -0.39 is 0 Å². The maximum atomic E-state index is 3.34. The van der Waals surface area contributed by atoms with Crippen LogP contribution in [-0.4, -0.2) is 18.5 Å². The highest BCUT2D eigenvalue weighted by Gasteiger charge is 2.07. The molecule has 8 heavy (non-hydrogen) atoms. The van der Waals surface area contributed by atoms with Crippen molar-refractivity contribution >= 4 is 11.9 Å². The van der Waals surface area contributed by atoms with E-state index in [1.807, 2.05) is 11.9 Å². The molecule has 0 amide bonds. The van der Waals surface area contributed by atoms with Crippen molar-refractivity contribution in [3.05, 3.63) is 0 Å². The van der Waals surface area contributed by atoms with Gasteiger partial charge in [0.05, 0.1) is 6.17 Å². The van der Waals surface area contributed by atoms with Gasteiger partial charge in [-0.05, 0) is 6.42 Å². The first-order valence-corrected chi connectivity index (χ1v) is 4.02. The van der Waals surface area contributed by atoms with E-state index in [-0.39, 0.29) is 0 Å². The summed E-state index contributed by atoms with van der Waals surface area (Å²) in [4.78, 5) is 0. The number of nitrogens with one attached hydrogen (secondary N) is 2. The van der Waals surface area contributed by atoms with Crippen LogP contribution in [0.1, 0.15) is 13.3 Å². The van der Waals surface area contributed by atoms with Crippen molar-refractivity contribution in [2.45, 2.75) is 19.5 Å². The van der Waals surface area contributed by atoms with Crippen LogP contribution in [0.15, 0.2) is 0 Å². The quantitative estimate of drug-likeness (QED) is 0.510. The standard InChI is InChI=1S/C5H12N2S/c1-2-5-6-3-4-8-7-5/h5-7H,2-4H2,1H3/t5-/m1/s1. The van der Waals surface area contributed by atoms with Gasteiger partial charge in [-0.25, -0.2) is 4.72 Å². The molecule has 0 saturated carbocycles. The first kappa shape index (κ1) is 6.39. The van der Waals surface area contributed by atoms with E-state index in [1.54, 1.807) is 0 Å². The molecule has 0 bridgehead atoms. The molecule has 0 aliphatic carbocycles. The van der Waals surface area contributed by atoms with E-state index in [0.29, 0.717) is 6.17 Å². The average molecular weight is 132 g/mol. The zero-order valence-corrected chi connectivity index (χ0v) is 5.92. The minimum absolute atomic E-state index is 0.550. The molecule has 1 saturated heterocycles. The third kappa shape index (κ3) is 1.65. The summed E-state index contributed by atoms with van der Waals surface area (Å²) < 4.78 is 3.27. The van der Waals surface area contributed by atoms with Crippen molar-refractivity contribution in [3.8, 4) is 0 Å². The maximum absolute atomic E-state index is 3.34. The second-order valence-electron chi connectivity index (χ2n) is 1.88. The fourth-order valence-electron chi connectivity index (χ4n) is 0.713. The normalized spacial score (nSPS) is 30.4. The van der Waals surface area contributed by atoms with Gasteiger partial charge in [-0.3, -0.25) is 0 Å². The van der Waals surface area contributed by atoms with Gasteiger partial charge in [0.1, 0.15) is 0 Å². The largest absolute Gasteiger partial charge is 0.300 e. The number of rotatable bonds is 1. The molecule has 1 aliphatic rings. The van der Waals surface area contributed by atoms with Crippen molar-refractivity contribution in [3.63, 3.8) is 0 Å². The van der Waals surface area contributed by atoms with Crippen LogP contribution in [0.3, 0.4) is 0 Å². The lowest BCUT2D eigenvalue weighted by atomic mass is 10.4. The van der Waals surface area contributed by atoms with Crippen LogP contribution in [-0.2, 0) is 0 Å². The topological polar surface area (TPSA) is 24.1 Å². The summed E-state index contributed by atoms with van der Waals surface area (Å²) in [5, 5.41) is 3.34. The molecule has 0 aromatic heterocycles. The highest BCUT2D eigenvalue weighted by atomic mass is 32.2. The zero-order valence-electron chi connectivity index (χ0n) is 5.11. The Morgan fingerprint density at radius 1 is 1.75 bits per heavy atom.